The Morgan fingerprint density at radius 1 is 0.879 bits per heavy atom. The quantitative estimate of drug-likeness (QED) is 0.487. The molecule has 2 amide bonds. The molecule has 0 radical (unpaired) electrons. The molecular weight excluding hydrogens is 428 g/mol. The zero-order valence-electron chi connectivity index (χ0n) is 18.5. The summed E-state index contributed by atoms with van der Waals surface area (Å²) in [6.07, 6.45) is 2.30. The van der Waals surface area contributed by atoms with Gasteiger partial charge in [0, 0.05) is 6.54 Å². The minimum Gasteiger partial charge on any atom is -0.465 e. The first kappa shape index (κ1) is 23.8. The van der Waals surface area contributed by atoms with Crippen LogP contribution >= 0.6 is 0 Å². The number of carbonyl (C=O) groups excluding carboxylic acids is 4. The van der Waals surface area contributed by atoms with Crippen LogP contribution in [0.4, 0.5) is 4.79 Å². The summed E-state index contributed by atoms with van der Waals surface area (Å²) >= 11 is 0. The first-order valence-corrected chi connectivity index (χ1v) is 10.5. The van der Waals surface area contributed by atoms with Crippen LogP contribution in [0.1, 0.15) is 52.0 Å². The summed E-state index contributed by atoms with van der Waals surface area (Å²) in [6.45, 7) is 0.307. The van der Waals surface area contributed by atoms with Gasteiger partial charge in [-0.3, -0.25) is 0 Å². The van der Waals surface area contributed by atoms with Crippen molar-refractivity contribution in [3.8, 4) is 5.75 Å². The molecule has 9 heteroatoms. The predicted octanol–water partition coefficient (Wildman–Crippen LogP) is 2.98. The van der Waals surface area contributed by atoms with E-state index in [9.17, 15) is 19.2 Å². The molecule has 0 atom stereocenters. The molecule has 1 aliphatic rings. The Hall–Kier alpha value is -3.88. The number of nitrogens with one attached hydrogen (secondary N) is 2. The maximum absolute atomic E-state index is 13.2. The fraction of sp³-hybridized carbons (Fsp3) is 0.333. The normalized spacial score (nSPS) is 14.1. The van der Waals surface area contributed by atoms with Gasteiger partial charge in [0.05, 0.1) is 25.3 Å². The van der Waals surface area contributed by atoms with Gasteiger partial charge in [-0.05, 0) is 36.6 Å². The lowest BCUT2D eigenvalue weighted by Crippen LogP contribution is -2.56. The van der Waals surface area contributed by atoms with Gasteiger partial charge in [-0.15, -0.1) is 0 Å². The molecule has 0 aliphatic heterocycles. The Morgan fingerprint density at radius 3 is 2.00 bits per heavy atom. The highest BCUT2D eigenvalue weighted by molar-refractivity contribution is 5.96. The molecule has 3 rings (SSSR count). The summed E-state index contributed by atoms with van der Waals surface area (Å²) < 4.78 is 14.9. The zero-order chi connectivity index (χ0) is 23.8. The van der Waals surface area contributed by atoms with E-state index in [4.69, 9.17) is 14.2 Å². The number of rotatable bonds is 7. The van der Waals surface area contributed by atoms with Crippen molar-refractivity contribution in [3.63, 3.8) is 0 Å². The van der Waals surface area contributed by atoms with Gasteiger partial charge in [0.15, 0.2) is 0 Å². The van der Waals surface area contributed by atoms with Crippen LogP contribution in [0.25, 0.3) is 0 Å². The van der Waals surface area contributed by atoms with Gasteiger partial charge in [-0.2, -0.15) is 0 Å². The lowest BCUT2D eigenvalue weighted by Gasteiger charge is -2.28. The molecule has 1 fully saturated rings. The topological polar surface area (TPSA) is 120 Å². The number of amides is 2. The molecule has 33 heavy (non-hydrogen) atoms. The third-order valence-electron chi connectivity index (χ3n) is 5.46. The second kappa shape index (κ2) is 10.6. The highest BCUT2D eigenvalue weighted by Crippen LogP contribution is 2.32. The molecule has 174 valence electrons. The summed E-state index contributed by atoms with van der Waals surface area (Å²) in [4.78, 5) is 49.7. The van der Waals surface area contributed by atoms with Gasteiger partial charge in [-0.1, -0.05) is 43.2 Å². The lowest BCUT2D eigenvalue weighted by molar-refractivity contribution is -0.141. The van der Waals surface area contributed by atoms with Crippen LogP contribution in [0.5, 0.6) is 5.75 Å². The van der Waals surface area contributed by atoms with Crippen molar-refractivity contribution in [2.75, 3.05) is 14.2 Å². The van der Waals surface area contributed by atoms with E-state index in [-0.39, 0.29) is 16.9 Å². The highest BCUT2D eigenvalue weighted by atomic mass is 16.5. The van der Waals surface area contributed by atoms with Crippen LogP contribution in [0, 0.1) is 0 Å². The minimum absolute atomic E-state index is 0.0252. The summed E-state index contributed by atoms with van der Waals surface area (Å²) in [5.41, 5.74) is -0.242. The lowest BCUT2D eigenvalue weighted by atomic mass is 9.98. The monoisotopic (exact) mass is 454 g/mol. The highest BCUT2D eigenvalue weighted by Gasteiger charge is 2.44. The second-order valence-corrected chi connectivity index (χ2v) is 7.70. The van der Waals surface area contributed by atoms with E-state index < -0.39 is 29.5 Å². The minimum atomic E-state index is -1.21. The maximum Gasteiger partial charge on any atom is 0.338 e. The average Bonchev–Trinajstić information content (AvgIpc) is 3.31. The fourth-order valence-electron chi connectivity index (χ4n) is 3.73. The van der Waals surface area contributed by atoms with Gasteiger partial charge in [0.25, 0.3) is 0 Å². The number of hydrogen-bond acceptors (Lipinski definition) is 7. The number of methoxy groups -OCH3 is 2. The predicted molar refractivity (Wildman–Crippen MR) is 118 cm³/mol. The van der Waals surface area contributed by atoms with E-state index in [2.05, 4.69) is 10.6 Å². The molecular formula is C24H26N2O7. The van der Waals surface area contributed by atoms with Crippen LogP contribution in [-0.2, 0) is 20.8 Å². The van der Waals surface area contributed by atoms with Gasteiger partial charge in [0.2, 0.25) is 0 Å². The van der Waals surface area contributed by atoms with Crippen LogP contribution in [0.2, 0.25) is 0 Å². The summed E-state index contributed by atoms with van der Waals surface area (Å²) in [5.74, 6) is -2.10. The summed E-state index contributed by atoms with van der Waals surface area (Å²) in [6, 6.07) is 12.8. The molecule has 1 saturated carbocycles. The smallest absolute Gasteiger partial charge is 0.338 e. The van der Waals surface area contributed by atoms with Crippen molar-refractivity contribution in [1.82, 2.24) is 10.6 Å². The van der Waals surface area contributed by atoms with E-state index in [1.54, 1.807) is 0 Å². The van der Waals surface area contributed by atoms with Crippen molar-refractivity contribution in [2.45, 2.75) is 37.8 Å². The van der Waals surface area contributed by atoms with E-state index in [1.807, 2.05) is 30.3 Å². The van der Waals surface area contributed by atoms with Crippen molar-refractivity contribution in [2.24, 2.45) is 0 Å². The van der Waals surface area contributed by atoms with Gasteiger partial charge in [0.1, 0.15) is 11.3 Å². The van der Waals surface area contributed by atoms with E-state index in [0.717, 1.165) is 18.4 Å². The Balaban J connectivity index is 1.76. The number of benzene rings is 2. The number of hydrogen-bond donors (Lipinski definition) is 2. The molecule has 2 N–H and O–H groups in total. The first-order valence-electron chi connectivity index (χ1n) is 10.5. The molecule has 0 heterocycles. The van der Waals surface area contributed by atoms with Crippen LogP contribution in [-0.4, -0.2) is 43.7 Å². The number of carbonyl (C=O) groups is 4. The van der Waals surface area contributed by atoms with Gasteiger partial charge in [-0.25, -0.2) is 19.2 Å². The summed E-state index contributed by atoms with van der Waals surface area (Å²) in [5, 5.41) is 5.52. The number of ether oxygens (including phenoxy) is 3. The molecule has 0 saturated heterocycles. The molecule has 0 unspecified atom stereocenters. The number of urea groups is 1. The summed E-state index contributed by atoms with van der Waals surface area (Å²) in [7, 11) is 2.40. The molecule has 2 aromatic carbocycles. The Morgan fingerprint density at radius 2 is 1.45 bits per heavy atom. The van der Waals surface area contributed by atoms with Crippen molar-refractivity contribution in [3.05, 3.63) is 65.2 Å². The average molecular weight is 454 g/mol. The molecule has 2 aromatic rings. The SMILES string of the molecule is COC(=O)c1cc(OC(=O)C2(NC(=O)NCc3ccccc3)CCCC2)cc(C(=O)OC)c1. The first-order chi connectivity index (χ1) is 15.9. The molecule has 1 aliphatic carbocycles. The van der Waals surface area contributed by atoms with Gasteiger partial charge >= 0.3 is 23.9 Å². The largest absolute Gasteiger partial charge is 0.465 e. The Labute approximate surface area is 191 Å². The van der Waals surface area contributed by atoms with Crippen molar-refractivity contribution < 1.29 is 33.4 Å². The molecule has 0 aromatic heterocycles. The van der Waals surface area contributed by atoms with E-state index in [1.165, 1.54) is 32.4 Å². The fourth-order valence-corrected chi connectivity index (χ4v) is 3.73. The zero-order valence-corrected chi connectivity index (χ0v) is 18.5. The van der Waals surface area contributed by atoms with Crippen molar-refractivity contribution in [1.29, 1.82) is 0 Å². The third kappa shape index (κ3) is 5.88. The maximum atomic E-state index is 13.2. The van der Waals surface area contributed by atoms with Crippen LogP contribution in [0.3, 0.4) is 0 Å². The second-order valence-electron chi connectivity index (χ2n) is 7.70. The van der Waals surface area contributed by atoms with Crippen LogP contribution < -0.4 is 15.4 Å². The third-order valence-corrected chi connectivity index (χ3v) is 5.46. The molecule has 0 spiro atoms. The number of esters is 3. The molecule has 9 nitrogen and oxygen atoms in total. The van der Waals surface area contributed by atoms with Gasteiger partial charge < -0.3 is 24.8 Å². The van der Waals surface area contributed by atoms with Crippen LogP contribution in [0.15, 0.2) is 48.5 Å². The molecule has 0 bridgehead atoms. The van der Waals surface area contributed by atoms with E-state index >= 15 is 0 Å². The standard InChI is InChI=1S/C24H26N2O7/c1-31-20(27)17-12-18(21(28)32-2)14-19(13-17)33-22(29)24(10-6-7-11-24)26-23(30)25-15-16-8-4-3-5-9-16/h3-5,8-9,12-14H,6-7,10-11,15H2,1-2H3,(H2,25,26,30). The van der Waals surface area contributed by atoms with Crippen molar-refractivity contribution >= 4 is 23.9 Å². The Bertz CT molecular complexity index is 996. The van der Waals surface area contributed by atoms with E-state index in [0.29, 0.717) is 19.4 Å². The Kier molecular flexibility index (Phi) is 7.66.